The number of nitrogens with zero attached hydrogens (tertiary/aromatic N) is 2. The summed E-state index contributed by atoms with van der Waals surface area (Å²) >= 11 is 6.85. The van der Waals surface area contributed by atoms with E-state index < -0.39 is 47.2 Å². The molecule has 13 heteroatoms. The lowest BCUT2D eigenvalue weighted by Crippen LogP contribution is -2.21. The molecule has 6 nitrogen and oxygen atoms in total. The Hall–Kier alpha value is -3.06. The molecule has 0 fully saturated rings. The summed E-state index contributed by atoms with van der Waals surface area (Å²) in [5.41, 5.74) is 1.50. The number of thiocarbonyl (C=S) groups is 1. The quantitative estimate of drug-likeness (QED) is 0.140. The van der Waals surface area contributed by atoms with Crippen molar-refractivity contribution in [1.29, 1.82) is 0 Å². The Morgan fingerprint density at radius 1 is 1.03 bits per heavy atom. The molecule has 3 aromatic rings. The first-order valence-electron chi connectivity index (χ1n) is 10.9. The van der Waals surface area contributed by atoms with Crippen molar-refractivity contribution in [3.05, 3.63) is 62.0 Å². The third-order valence-corrected chi connectivity index (χ3v) is 7.43. The van der Waals surface area contributed by atoms with Crippen LogP contribution in [0.3, 0.4) is 0 Å². The third-order valence-electron chi connectivity index (χ3n) is 6.02. The number of ether oxygens (including phenoxy) is 1. The first-order valence-corrected chi connectivity index (χ1v) is 12.1. The van der Waals surface area contributed by atoms with E-state index in [0.717, 1.165) is 40.8 Å². The number of fused-ring (bicyclic) bond motifs is 1. The van der Waals surface area contributed by atoms with Crippen molar-refractivity contribution in [3.63, 3.8) is 0 Å². The minimum Gasteiger partial charge on any atom is -0.465 e. The Morgan fingerprint density at radius 3 is 2.28 bits per heavy atom. The Labute approximate surface area is 212 Å². The highest BCUT2D eigenvalue weighted by atomic mass is 32.1. The highest BCUT2D eigenvalue weighted by Gasteiger charge is 2.28. The number of aryl methyl sites for hydroxylation is 2. The van der Waals surface area contributed by atoms with Gasteiger partial charge in [0.15, 0.2) is 28.4 Å². The topological polar surface area (TPSA) is 68.2 Å². The van der Waals surface area contributed by atoms with Crippen molar-refractivity contribution in [3.8, 4) is 0 Å². The van der Waals surface area contributed by atoms with Gasteiger partial charge in [-0.25, -0.2) is 26.7 Å². The number of thiophene rings is 1. The summed E-state index contributed by atoms with van der Waals surface area (Å²) in [6.07, 6.45) is 3.61. The van der Waals surface area contributed by atoms with Gasteiger partial charge < -0.3 is 15.4 Å². The second kappa shape index (κ2) is 10.1. The number of aromatic nitrogens is 2. The van der Waals surface area contributed by atoms with Crippen LogP contribution < -0.4 is 10.6 Å². The van der Waals surface area contributed by atoms with Gasteiger partial charge in [0.2, 0.25) is 5.82 Å². The Balaban J connectivity index is 1.59. The lowest BCUT2D eigenvalue weighted by Gasteiger charge is -2.13. The lowest BCUT2D eigenvalue weighted by molar-refractivity contribution is 0.0601. The maximum Gasteiger partial charge on any atom is 0.341 e. The molecule has 0 unspecified atom stereocenters. The van der Waals surface area contributed by atoms with Gasteiger partial charge in [0.25, 0.3) is 0 Å². The summed E-state index contributed by atoms with van der Waals surface area (Å²) in [6.45, 7) is 2.46. The molecule has 0 radical (unpaired) electrons. The van der Waals surface area contributed by atoms with Crippen LogP contribution in [-0.2, 0) is 24.1 Å². The van der Waals surface area contributed by atoms with Gasteiger partial charge in [0.1, 0.15) is 5.00 Å². The number of benzene rings is 1. The number of halogens is 5. The summed E-state index contributed by atoms with van der Waals surface area (Å²) in [5, 5.41) is 10.8. The number of nitrogens with one attached hydrogen (secondary N) is 2. The van der Waals surface area contributed by atoms with E-state index in [1.807, 2.05) is 0 Å². The first kappa shape index (κ1) is 26.0. The predicted molar refractivity (Wildman–Crippen MR) is 129 cm³/mol. The number of hydrogen-bond donors (Lipinski definition) is 2. The molecular formula is C23H21F5N4O2S2. The second-order valence-electron chi connectivity index (χ2n) is 8.24. The predicted octanol–water partition coefficient (Wildman–Crippen LogP) is 5.78. The van der Waals surface area contributed by atoms with Gasteiger partial charge >= 0.3 is 5.97 Å². The highest BCUT2D eigenvalue weighted by molar-refractivity contribution is 7.80. The van der Waals surface area contributed by atoms with Crippen molar-refractivity contribution in [1.82, 2.24) is 9.78 Å². The molecule has 1 aliphatic rings. The highest BCUT2D eigenvalue weighted by Crippen LogP contribution is 2.38. The molecule has 2 heterocycles. The maximum atomic E-state index is 14.2. The largest absolute Gasteiger partial charge is 0.465 e. The second-order valence-corrected chi connectivity index (χ2v) is 9.75. The molecular weight excluding hydrogens is 523 g/mol. The minimum atomic E-state index is -2.22. The number of carbonyl (C=O) groups is 1. The zero-order chi connectivity index (χ0) is 26.3. The molecule has 0 bridgehead atoms. The zero-order valence-corrected chi connectivity index (χ0v) is 21.1. The van der Waals surface area contributed by atoms with Crippen LogP contribution in [-0.4, -0.2) is 28.0 Å². The zero-order valence-electron chi connectivity index (χ0n) is 19.5. The summed E-state index contributed by atoms with van der Waals surface area (Å²) in [4.78, 5) is 13.5. The molecule has 0 saturated heterocycles. The summed E-state index contributed by atoms with van der Waals surface area (Å²) < 4.78 is 75.0. The molecule has 0 atom stereocenters. The van der Waals surface area contributed by atoms with Gasteiger partial charge in [-0.1, -0.05) is 0 Å². The monoisotopic (exact) mass is 544 g/mol. The van der Waals surface area contributed by atoms with Gasteiger partial charge in [0, 0.05) is 4.88 Å². The molecule has 0 spiro atoms. The van der Waals surface area contributed by atoms with E-state index >= 15 is 0 Å². The van der Waals surface area contributed by atoms with E-state index in [4.69, 9.17) is 17.0 Å². The number of carbonyl (C=O) groups excluding carboxylic acids is 1. The van der Waals surface area contributed by atoms with Crippen LogP contribution in [0.4, 0.5) is 32.6 Å². The van der Waals surface area contributed by atoms with Gasteiger partial charge in [-0.05, 0) is 57.3 Å². The maximum absolute atomic E-state index is 14.2. The molecule has 192 valence electrons. The number of hydrogen-bond acceptors (Lipinski definition) is 5. The van der Waals surface area contributed by atoms with E-state index in [1.165, 1.54) is 18.4 Å². The summed E-state index contributed by atoms with van der Waals surface area (Å²) in [6, 6.07) is 0. The fourth-order valence-corrected chi connectivity index (χ4v) is 5.74. The Bertz CT molecular complexity index is 1360. The van der Waals surface area contributed by atoms with Gasteiger partial charge in [-0.15, -0.1) is 11.3 Å². The van der Waals surface area contributed by atoms with Gasteiger partial charge in [0.05, 0.1) is 41.9 Å². The van der Waals surface area contributed by atoms with Crippen molar-refractivity contribution in [2.45, 2.75) is 46.1 Å². The average molecular weight is 545 g/mol. The van der Waals surface area contributed by atoms with Crippen molar-refractivity contribution in [2.75, 3.05) is 17.7 Å². The van der Waals surface area contributed by atoms with Crippen LogP contribution >= 0.6 is 23.6 Å². The van der Waals surface area contributed by atoms with Crippen molar-refractivity contribution in [2.24, 2.45) is 0 Å². The van der Waals surface area contributed by atoms with Crippen LogP contribution in [0.5, 0.6) is 0 Å². The molecule has 36 heavy (non-hydrogen) atoms. The summed E-state index contributed by atoms with van der Waals surface area (Å²) in [7, 11) is 1.31. The van der Waals surface area contributed by atoms with Crippen LogP contribution in [0, 0.1) is 42.9 Å². The van der Waals surface area contributed by atoms with Crippen molar-refractivity contribution < 1.29 is 31.5 Å². The van der Waals surface area contributed by atoms with Gasteiger partial charge in [-0.3, -0.25) is 4.68 Å². The minimum absolute atomic E-state index is 0.126. The molecule has 0 aliphatic heterocycles. The van der Waals surface area contributed by atoms with E-state index in [2.05, 4.69) is 15.7 Å². The van der Waals surface area contributed by atoms with E-state index in [9.17, 15) is 26.7 Å². The van der Waals surface area contributed by atoms with Crippen LogP contribution in [0.1, 0.15) is 50.6 Å². The third kappa shape index (κ3) is 4.57. The van der Waals surface area contributed by atoms with Crippen LogP contribution in [0.15, 0.2) is 0 Å². The molecule has 0 saturated carbocycles. The number of methoxy groups -OCH3 is 1. The molecule has 4 rings (SSSR count). The van der Waals surface area contributed by atoms with Crippen LogP contribution in [0.2, 0.25) is 0 Å². The van der Waals surface area contributed by atoms with Crippen molar-refractivity contribution >= 4 is 45.3 Å². The van der Waals surface area contributed by atoms with Crippen LogP contribution in [0.25, 0.3) is 0 Å². The van der Waals surface area contributed by atoms with E-state index in [-0.39, 0.29) is 5.11 Å². The van der Waals surface area contributed by atoms with Gasteiger partial charge in [-0.2, -0.15) is 5.10 Å². The van der Waals surface area contributed by atoms with E-state index in [0.29, 0.717) is 27.6 Å². The lowest BCUT2D eigenvalue weighted by atomic mass is 9.95. The number of esters is 1. The molecule has 0 amide bonds. The Morgan fingerprint density at radius 2 is 1.64 bits per heavy atom. The summed E-state index contributed by atoms with van der Waals surface area (Å²) in [5.74, 6) is -10.6. The molecule has 1 aliphatic carbocycles. The fraction of sp³-hybridized carbons (Fsp3) is 0.348. The fourth-order valence-electron chi connectivity index (χ4n) is 4.19. The number of anilines is 2. The standard InChI is InChI=1S/C23H21F5N4O2S2/c1-9-20(10(2)32(31-9)8-12-15(24)17(26)19(28)18(27)16(12)25)29-23(35)30-21-14(22(33)34-3)11-6-4-5-7-13(11)36-21/h4-8H2,1-3H3,(H2,29,30,35). The molecule has 1 aromatic carbocycles. The Kier molecular flexibility index (Phi) is 7.32. The molecule has 2 N–H and O–H groups in total. The van der Waals surface area contributed by atoms with E-state index in [1.54, 1.807) is 13.8 Å². The number of rotatable bonds is 5. The molecule has 2 aromatic heterocycles. The average Bonchev–Trinajstić information content (AvgIpc) is 3.35. The smallest absolute Gasteiger partial charge is 0.341 e. The SMILES string of the molecule is COC(=O)c1c(NC(=S)Nc2c(C)nn(Cc3c(F)c(F)c(F)c(F)c3F)c2C)sc2c1CCCC2. The first-order chi connectivity index (χ1) is 17.0. The normalized spacial score (nSPS) is 12.9.